The van der Waals surface area contributed by atoms with Gasteiger partial charge in [-0.3, -0.25) is 13.9 Å². The molecule has 2 aromatic heterocycles. The molecule has 0 aliphatic carbocycles. The number of pyridine rings is 1. The summed E-state index contributed by atoms with van der Waals surface area (Å²) in [5.41, 5.74) is 0.706. The third-order valence-electron chi connectivity index (χ3n) is 3.43. The molecule has 0 atom stereocenters. The van der Waals surface area contributed by atoms with Gasteiger partial charge in [-0.05, 0) is 18.2 Å². The molecule has 6 nitrogen and oxygen atoms in total. The first-order valence-corrected chi connectivity index (χ1v) is 6.95. The molecule has 0 aliphatic heterocycles. The van der Waals surface area contributed by atoms with Crippen LogP contribution in [0.2, 0.25) is 5.15 Å². The first-order chi connectivity index (χ1) is 10.5. The Morgan fingerprint density at radius 3 is 2.45 bits per heavy atom. The van der Waals surface area contributed by atoms with Gasteiger partial charge in [-0.25, -0.2) is 9.78 Å². The number of rotatable bonds is 2. The van der Waals surface area contributed by atoms with E-state index in [0.717, 1.165) is 10.3 Å². The van der Waals surface area contributed by atoms with Crippen molar-refractivity contribution in [2.24, 2.45) is 14.1 Å². The van der Waals surface area contributed by atoms with E-state index in [2.05, 4.69) is 10.3 Å². The highest BCUT2D eigenvalue weighted by molar-refractivity contribution is 6.30. The number of aryl methyl sites for hydroxylation is 1. The van der Waals surface area contributed by atoms with Gasteiger partial charge in [-0.1, -0.05) is 29.8 Å². The predicted molar refractivity (Wildman–Crippen MR) is 87.0 cm³/mol. The zero-order valence-corrected chi connectivity index (χ0v) is 12.8. The zero-order valence-electron chi connectivity index (χ0n) is 12.0. The van der Waals surface area contributed by atoms with Crippen LogP contribution in [0.25, 0.3) is 11.0 Å². The normalized spacial score (nSPS) is 10.9. The number of anilines is 2. The van der Waals surface area contributed by atoms with E-state index in [1.807, 2.05) is 30.3 Å². The zero-order chi connectivity index (χ0) is 15.9. The first kappa shape index (κ1) is 14.3. The van der Waals surface area contributed by atoms with Crippen molar-refractivity contribution in [3.8, 4) is 0 Å². The van der Waals surface area contributed by atoms with Crippen LogP contribution in [-0.4, -0.2) is 14.1 Å². The van der Waals surface area contributed by atoms with E-state index in [-0.39, 0.29) is 10.8 Å². The molecule has 0 radical (unpaired) electrons. The number of aromatic nitrogens is 3. The lowest BCUT2D eigenvalue weighted by Gasteiger charge is -2.12. The number of nitrogens with one attached hydrogen (secondary N) is 1. The van der Waals surface area contributed by atoms with Crippen LogP contribution in [0, 0.1) is 0 Å². The van der Waals surface area contributed by atoms with E-state index in [9.17, 15) is 9.59 Å². The minimum Gasteiger partial charge on any atom is -0.355 e. The average molecular weight is 317 g/mol. The predicted octanol–water partition coefficient (Wildman–Crippen LogP) is 2.03. The van der Waals surface area contributed by atoms with Crippen LogP contribution in [0.3, 0.4) is 0 Å². The Balaban J connectivity index is 2.35. The van der Waals surface area contributed by atoms with Crippen LogP contribution in [0.4, 0.5) is 11.4 Å². The second-order valence-corrected chi connectivity index (χ2v) is 5.28. The quantitative estimate of drug-likeness (QED) is 0.734. The lowest BCUT2D eigenvalue weighted by atomic mass is 10.2. The second-order valence-electron chi connectivity index (χ2n) is 4.89. The molecule has 0 fully saturated rings. The Morgan fingerprint density at radius 1 is 1.09 bits per heavy atom. The second kappa shape index (κ2) is 5.31. The molecule has 112 valence electrons. The largest absolute Gasteiger partial charge is 0.355 e. The smallest absolute Gasteiger partial charge is 0.332 e. The summed E-state index contributed by atoms with van der Waals surface area (Å²) in [5, 5.41) is 3.67. The summed E-state index contributed by atoms with van der Waals surface area (Å²) >= 11 is 6.03. The fourth-order valence-corrected chi connectivity index (χ4v) is 2.49. The fraction of sp³-hybridized carbons (Fsp3) is 0.133. The molecule has 22 heavy (non-hydrogen) atoms. The molecule has 0 saturated heterocycles. The molecule has 0 spiro atoms. The summed E-state index contributed by atoms with van der Waals surface area (Å²) in [7, 11) is 2.99. The summed E-state index contributed by atoms with van der Waals surface area (Å²) in [6, 6.07) is 11.0. The maximum atomic E-state index is 12.5. The van der Waals surface area contributed by atoms with Crippen molar-refractivity contribution >= 4 is 34.0 Å². The van der Waals surface area contributed by atoms with E-state index >= 15 is 0 Å². The number of nitrogens with zero attached hydrogens (tertiary/aromatic N) is 3. The molecule has 3 rings (SSSR count). The molecule has 1 N–H and O–H groups in total. The minimum absolute atomic E-state index is 0.203. The molecule has 0 saturated carbocycles. The molecular formula is C15H13ClN4O2. The number of hydrogen-bond donors (Lipinski definition) is 1. The molecule has 0 amide bonds. The topological polar surface area (TPSA) is 68.9 Å². The monoisotopic (exact) mass is 316 g/mol. The average Bonchev–Trinajstić information content (AvgIpc) is 2.51. The maximum Gasteiger partial charge on any atom is 0.332 e. The molecule has 1 aromatic carbocycles. The van der Waals surface area contributed by atoms with Gasteiger partial charge in [0, 0.05) is 19.8 Å². The van der Waals surface area contributed by atoms with Crippen LogP contribution in [0.5, 0.6) is 0 Å². The number of hydrogen-bond acceptors (Lipinski definition) is 4. The highest BCUT2D eigenvalue weighted by Crippen LogP contribution is 2.25. The summed E-state index contributed by atoms with van der Waals surface area (Å²) in [6.45, 7) is 0. The van der Waals surface area contributed by atoms with Gasteiger partial charge in [0.1, 0.15) is 10.5 Å². The summed E-state index contributed by atoms with van der Waals surface area (Å²) in [6.07, 6.45) is 0. The minimum atomic E-state index is -0.446. The SMILES string of the molecule is Cn1c(=O)c2c(Nc3ccccc3)cc(Cl)nc2n(C)c1=O. The van der Waals surface area contributed by atoms with E-state index in [1.165, 1.54) is 11.6 Å². The van der Waals surface area contributed by atoms with Gasteiger partial charge in [0.15, 0.2) is 5.65 Å². The Hall–Kier alpha value is -2.60. The lowest BCUT2D eigenvalue weighted by Crippen LogP contribution is -2.37. The van der Waals surface area contributed by atoms with Crippen molar-refractivity contribution in [3.05, 3.63) is 62.4 Å². The van der Waals surface area contributed by atoms with E-state index < -0.39 is 11.2 Å². The van der Waals surface area contributed by atoms with Crippen LogP contribution >= 0.6 is 11.6 Å². The Labute approximate surface area is 130 Å². The number of para-hydroxylation sites is 1. The van der Waals surface area contributed by atoms with Gasteiger partial charge in [0.25, 0.3) is 5.56 Å². The number of halogens is 1. The Morgan fingerprint density at radius 2 is 1.77 bits per heavy atom. The van der Waals surface area contributed by atoms with Crippen molar-refractivity contribution < 1.29 is 0 Å². The van der Waals surface area contributed by atoms with Gasteiger partial charge < -0.3 is 5.32 Å². The first-order valence-electron chi connectivity index (χ1n) is 6.57. The van der Waals surface area contributed by atoms with E-state index in [0.29, 0.717) is 11.1 Å². The van der Waals surface area contributed by atoms with Crippen LogP contribution in [-0.2, 0) is 14.1 Å². The molecule has 7 heteroatoms. The summed E-state index contributed by atoms with van der Waals surface area (Å²) in [4.78, 5) is 28.6. The van der Waals surface area contributed by atoms with Gasteiger partial charge in [-0.15, -0.1) is 0 Å². The van der Waals surface area contributed by atoms with E-state index in [4.69, 9.17) is 11.6 Å². The molecule has 0 bridgehead atoms. The van der Waals surface area contributed by atoms with E-state index in [1.54, 1.807) is 13.1 Å². The van der Waals surface area contributed by atoms with Gasteiger partial charge in [0.05, 0.1) is 5.69 Å². The Kier molecular flexibility index (Phi) is 3.46. The maximum absolute atomic E-state index is 12.5. The fourth-order valence-electron chi connectivity index (χ4n) is 2.30. The van der Waals surface area contributed by atoms with Crippen LogP contribution in [0.15, 0.2) is 46.0 Å². The third-order valence-corrected chi connectivity index (χ3v) is 3.63. The molecule has 0 unspecified atom stereocenters. The van der Waals surface area contributed by atoms with Crippen molar-refractivity contribution in [1.29, 1.82) is 0 Å². The van der Waals surface area contributed by atoms with Crippen LogP contribution < -0.4 is 16.6 Å². The summed E-state index contributed by atoms with van der Waals surface area (Å²) < 4.78 is 2.35. The number of benzene rings is 1. The van der Waals surface area contributed by atoms with Gasteiger partial charge >= 0.3 is 5.69 Å². The molecule has 0 aliphatic rings. The van der Waals surface area contributed by atoms with Crippen molar-refractivity contribution in [3.63, 3.8) is 0 Å². The molecule has 3 aromatic rings. The number of fused-ring (bicyclic) bond motifs is 1. The third kappa shape index (κ3) is 2.27. The lowest BCUT2D eigenvalue weighted by molar-refractivity contribution is 0.708. The van der Waals surface area contributed by atoms with Crippen molar-refractivity contribution in [2.75, 3.05) is 5.32 Å². The standard InChI is InChI=1S/C15H13ClN4O2/c1-19-13-12(14(21)20(2)15(19)22)10(8-11(16)18-13)17-9-6-4-3-5-7-9/h3-8H,1-2H3,(H,17,18). The molecule has 2 heterocycles. The summed E-state index contributed by atoms with van der Waals surface area (Å²) in [5.74, 6) is 0. The Bertz CT molecular complexity index is 977. The van der Waals surface area contributed by atoms with Crippen LogP contribution in [0.1, 0.15) is 0 Å². The highest BCUT2D eigenvalue weighted by Gasteiger charge is 2.15. The van der Waals surface area contributed by atoms with Gasteiger partial charge in [0.2, 0.25) is 0 Å². The van der Waals surface area contributed by atoms with Crippen molar-refractivity contribution in [2.45, 2.75) is 0 Å². The van der Waals surface area contributed by atoms with Crippen molar-refractivity contribution in [1.82, 2.24) is 14.1 Å². The molecular weight excluding hydrogens is 304 g/mol. The van der Waals surface area contributed by atoms with Gasteiger partial charge in [-0.2, -0.15) is 0 Å². The highest BCUT2D eigenvalue weighted by atomic mass is 35.5.